The SMILES string of the molecule is C=N/N=C(\NCO)C(=O)NCCn1c(=O)n2c(c/c1=N\c1c(C)cc(C)cc1C)-c1cc(OC)c(OCC)cc1CC2. The average Bonchev–Trinajstić information content (AvgIpc) is 2.95. The van der Waals surface area contributed by atoms with Crippen LogP contribution < -0.4 is 31.3 Å². The Bertz CT molecular complexity index is 1650. The summed E-state index contributed by atoms with van der Waals surface area (Å²) >= 11 is 0. The van der Waals surface area contributed by atoms with Crippen molar-refractivity contribution >= 4 is 24.1 Å². The van der Waals surface area contributed by atoms with E-state index in [2.05, 4.69) is 39.7 Å². The zero-order chi connectivity index (χ0) is 30.4. The lowest BCUT2D eigenvalue weighted by molar-refractivity contribution is -0.115. The van der Waals surface area contributed by atoms with Gasteiger partial charge in [-0.15, -0.1) is 5.10 Å². The smallest absolute Gasteiger partial charge is 0.330 e. The van der Waals surface area contributed by atoms with Crippen LogP contribution in [0.5, 0.6) is 11.5 Å². The number of amidine groups is 1. The maximum absolute atomic E-state index is 14.0. The Morgan fingerprint density at radius 1 is 1.10 bits per heavy atom. The van der Waals surface area contributed by atoms with E-state index in [4.69, 9.17) is 19.6 Å². The number of nitrogens with zero attached hydrogens (tertiary/aromatic N) is 5. The van der Waals surface area contributed by atoms with Crippen molar-refractivity contribution < 1.29 is 19.4 Å². The van der Waals surface area contributed by atoms with Gasteiger partial charge < -0.3 is 25.2 Å². The molecule has 0 spiro atoms. The number of hydrogen-bond acceptors (Lipinski definition) is 8. The minimum Gasteiger partial charge on any atom is -0.493 e. The molecular formula is C30H37N7O5. The van der Waals surface area contributed by atoms with E-state index >= 15 is 0 Å². The van der Waals surface area contributed by atoms with Crippen LogP contribution >= 0.6 is 0 Å². The number of benzene rings is 2. The number of aryl methyl sites for hydroxylation is 4. The first kappa shape index (κ1) is 30.3. The van der Waals surface area contributed by atoms with E-state index in [1.165, 1.54) is 0 Å². The lowest BCUT2D eigenvalue weighted by atomic mass is 9.97. The van der Waals surface area contributed by atoms with Crippen LogP contribution in [0.15, 0.2) is 50.3 Å². The van der Waals surface area contributed by atoms with E-state index in [1.807, 2.05) is 45.9 Å². The Morgan fingerprint density at radius 3 is 2.48 bits per heavy atom. The lowest BCUT2D eigenvalue weighted by Crippen LogP contribution is -2.46. The number of ether oxygens (including phenoxy) is 2. The number of carbonyl (C=O) groups excluding carboxylic acids is 1. The molecule has 1 aliphatic heterocycles. The predicted molar refractivity (Wildman–Crippen MR) is 162 cm³/mol. The number of nitrogens with one attached hydrogen (secondary N) is 2. The van der Waals surface area contributed by atoms with Gasteiger partial charge in [0.05, 0.1) is 25.1 Å². The molecule has 1 aromatic heterocycles. The molecule has 1 amide bonds. The molecule has 0 atom stereocenters. The van der Waals surface area contributed by atoms with Gasteiger partial charge in [-0.25, -0.2) is 9.79 Å². The molecule has 2 heterocycles. The lowest BCUT2D eigenvalue weighted by Gasteiger charge is -2.25. The normalized spacial score (nSPS) is 12.8. The topological polar surface area (TPSA) is 144 Å². The number of methoxy groups -OCH3 is 1. The largest absolute Gasteiger partial charge is 0.493 e. The van der Waals surface area contributed by atoms with E-state index in [1.54, 1.807) is 16.2 Å². The minimum atomic E-state index is -0.593. The third kappa shape index (κ3) is 6.28. The highest BCUT2D eigenvalue weighted by molar-refractivity contribution is 6.37. The van der Waals surface area contributed by atoms with Crippen molar-refractivity contribution in [3.05, 3.63) is 68.6 Å². The monoisotopic (exact) mass is 575 g/mol. The summed E-state index contributed by atoms with van der Waals surface area (Å²) in [6.07, 6.45) is 0.636. The first-order chi connectivity index (χ1) is 20.2. The van der Waals surface area contributed by atoms with E-state index < -0.39 is 12.6 Å². The number of fused-ring (bicyclic) bond motifs is 3. The van der Waals surface area contributed by atoms with Crippen LogP contribution in [0.4, 0.5) is 5.69 Å². The standard InChI is InChI=1S/C30H37N7O5/c1-7-42-25-14-21-8-10-36-23(22(21)15-24(25)41-6)16-26(34-27-19(3)12-18(2)13-20(27)4)37(30(36)40)11-9-32-29(39)28(33-17-38)35-31-5/h12-16,38H,5,7-11,17H2,1-4,6H3,(H,32,39)(H,33,35)/b34-26+. The first-order valence-electron chi connectivity index (χ1n) is 13.7. The van der Waals surface area contributed by atoms with Gasteiger partial charge in [0.25, 0.3) is 5.91 Å². The third-order valence-electron chi connectivity index (χ3n) is 6.98. The summed E-state index contributed by atoms with van der Waals surface area (Å²) in [6, 6.07) is 9.90. The molecule has 1 aliphatic rings. The van der Waals surface area contributed by atoms with Crippen LogP contribution in [-0.4, -0.2) is 59.7 Å². The van der Waals surface area contributed by atoms with Crippen molar-refractivity contribution in [1.29, 1.82) is 0 Å². The Labute approximate surface area is 244 Å². The van der Waals surface area contributed by atoms with Crippen molar-refractivity contribution in [2.75, 3.05) is 27.0 Å². The summed E-state index contributed by atoms with van der Waals surface area (Å²) in [5.41, 5.74) is 6.73. The molecule has 0 fully saturated rings. The van der Waals surface area contributed by atoms with Gasteiger partial charge in [-0.05, 0) is 62.9 Å². The number of rotatable bonds is 9. The van der Waals surface area contributed by atoms with Crippen molar-refractivity contribution in [2.24, 2.45) is 15.2 Å². The Kier molecular flexibility index (Phi) is 9.58. The van der Waals surface area contributed by atoms with Crippen LogP contribution in [0.25, 0.3) is 11.3 Å². The fourth-order valence-corrected chi connectivity index (χ4v) is 5.21. The summed E-state index contributed by atoms with van der Waals surface area (Å²) < 4.78 is 14.7. The van der Waals surface area contributed by atoms with E-state index in [9.17, 15) is 9.59 Å². The highest BCUT2D eigenvalue weighted by atomic mass is 16.5. The van der Waals surface area contributed by atoms with E-state index in [0.29, 0.717) is 36.6 Å². The molecule has 2 aromatic carbocycles. The van der Waals surface area contributed by atoms with Crippen molar-refractivity contribution in [1.82, 2.24) is 19.8 Å². The van der Waals surface area contributed by atoms with Crippen molar-refractivity contribution in [2.45, 2.75) is 47.2 Å². The second-order valence-electron chi connectivity index (χ2n) is 9.86. The second-order valence-corrected chi connectivity index (χ2v) is 9.86. The van der Waals surface area contributed by atoms with Gasteiger partial charge in [0, 0.05) is 38.0 Å². The molecule has 4 rings (SSSR count). The van der Waals surface area contributed by atoms with Crippen LogP contribution in [-0.2, 0) is 24.3 Å². The highest BCUT2D eigenvalue weighted by Crippen LogP contribution is 2.37. The number of amides is 1. The average molecular weight is 576 g/mol. The highest BCUT2D eigenvalue weighted by Gasteiger charge is 2.23. The van der Waals surface area contributed by atoms with Gasteiger partial charge in [-0.3, -0.25) is 13.9 Å². The first-order valence-corrected chi connectivity index (χ1v) is 13.7. The van der Waals surface area contributed by atoms with Gasteiger partial charge in [0.1, 0.15) is 12.2 Å². The molecule has 0 aliphatic carbocycles. The molecule has 12 nitrogen and oxygen atoms in total. The number of hydrogen-bond donors (Lipinski definition) is 3. The van der Waals surface area contributed by atoms with Crippen LogP contribution in [0.2, 0.25) is 0 Å². The minimum absolute atomic E-state index is 0.0951. The van der Waals surface area contributed by atoms with Gasteiger partial charge in [0.2, 0.25) is 5.84 Å². The fraction of sp³-hybridized carbons (Fsp3) is 0.367. The van der Waals surface area contributed by atoms with Crippen LogP contribution in [0, 0.1) is 20.8 Å². The Balaban J connectivity index is 1.85. The summed E-state index contributed by atoms with van der Waals surface area (Å²) in [7, 11) is 1.59. The molecule has 0 saturated heterocycles. The van der Waals surface area contributed by atoms with E-state index in [-0.39, 0.29) is 24.6 Å². The Hall–Kier alpha value is -4.71. The fourth-order valence-electron chi connectivity index (χ4n) is 5.21. The van der Waals surface area contributed by atoms with E-state index in [0.717, 1.165) is 39.2 Å². The van der Waals surface area contributed by atoms with Crippen molar-refractivity contribution in [3.8, 4) is 22.8 Å². The molecule has 3 aromatic rings. The molecule has 0 bridgehead atoms. The zero-order valence-corrected chi connectivity index (χ0v) is 24.7. The van der Waals surface area contributed by atoms with Gasteiger partial charge >= 0.3 is 5.69 Å². The third-order valence-corrected chi connectivity index (χ3v) is 6.98. The molecule has 12 heteroatoms. The maximum atomic E-state index is 14.0. The quantitative estimate of drug-likeness (QED) is 0.154. The predicted octanol–water partition coefficient (Wildman–Crippen LogP) is 2.11. The van der Waals surface area contributed by atoms with Crippen LogP contribution in [0.1, 0.15) is 29.2 Å². The summed E-state index contributed by atoms with van der Waals surface area (Å²) in [5, 5.41) is 21.2. The number of aromatic nitrogens is 2. The molecule has 42 heavy (non-hydrogen) atoms. The molecule has 0 saturated carbocycles. The summed E-state index contributed by atoms with van der Waals surface area (Å²) in [5.74, 6) is 0.470. The number of carbonyl (C=O) groups is 1. The van der Waals surface area contributed by atoms with Crippen LogP contribution in [0.3, 0.4) is 0 Å². The summed E-state index contributed by atoms with van der Waals surface area (Å²) in [4.78, 5) is 31.6. The number of aliphatic hydroxyl groups excluding tert-OH is 1. The number of aliphatic hydroxyl groups is 1. The molecule has 222 valence electrons. The molecular weight excluding hydrogens is 538 g/mol. The van der Waals surface area contributed by atoms with Gasteiger partial charge in [-0.1, -0.05) is 17.7 Å². The van der Waals surface area contributed by atoms with Gasteiger partial charge in [0.15, 0.2) is 11.5 Å². The maximum Gasteiger partial charge on any atom is 0.330 e. The molecule has 0 unspecified atom stereocenters. The zero-order valence-electron chi connectivity index (χ0n) is 24.7. The summed E-state index contributed by atoms with van der Waals surface area (Å²) in [6.45, 7) is 11.9. The van der Waals surface area contributed by atoms with Crippen molar-refractivity contribution in [3.63, 3.8) is 0 Å². The Morgan fingerprint density at radius 2 is 1.83 bits per heavy atom. The molecule has 0 radical (unpaired) electrons. The molecule has 3 N–H and O–H groups in total. The second kappa shape index (κ2) is 13.3. The van der Waals surface area contributed by atoms with Gasteiger partial charge in [-0.2, -0.15) is 5.10 Å².